The highest BCUT2D eigenvalue weighted by molar-refractivity contribution is 7.92. The van der Waals surface area contributed by atoms with Gasteiger partial charge in [-0.25, -0.2) is 21.6 Å². The van der Waals surface area contributed by atoms with Gasteiger partial charge >= 0.3 is 0 Å². The fourth-order valence-corrected chi connectivity index (χ4v) is 6.83. The maximum atomic E-state index is 12.9. The van der Waals surface area contributed by atoms with Crippen LogP contribution in [-0.4, -0.2) is 61.3 Å². The Hall–Kier alpha value is -2.14. The molecule has 0 unspecified atom stereocenters. The number of ether oxygens (including phenoxy) is 1. The normalized spacial score (nSPS) is 18.9. The van der Waals surface area contributed by atoms with Gasteiger partial charge in [-0.2, -0.15) is 0 Å². The molecule has 2 aromatic carbocycles. The SMILES string of the molecule is CN(C)[C@@H](CNS(=O)(=O)c1ccc(N2CCCCS2(=O)=O)cc1)c1ccc2c(c1)CCO2. The number of fused-ring (bicyclic) bond motifs is 1. The second kappa shape index (κ2) is 9.01. The molecule has 8 nitrogen and oxygen atoms in total. The molecule has 4 rings (SSSR count). The molecule has 0 spiro atoms. The van der Waals surface area contributed by atoms with Crippen LogP contribution in [0, 0.1) is 0 Å². The van der Waals surface area contributed by atoms with Crippen LogP contribution in [0.5, 0.6) is 5.75 Å². The summed E-state index contributed by atoms with van der Waals surface area (Å²) in [6, 6.07) is 11.9. The number of benzene rings is 2. The van der Waals surface area contributed by atoms with Gasteiger partial charge in [-0.05, 0) is 68.4 Å². The molecular formula is C22H29N3O5S2. The van der Waals surface area contributed by atoms with Gasteiger partial charge in [-0.15, -0.1) is 0 Å². The second-order valence-electron chi connectivity index (χ2n) is 8.39. The van der Waals surface area contributed by atoms with E-state index in [1.807, 2.05) is 31.1 Å². The number of likely N-dealkylation sites (N-methyl/N-ethyl adjacent to an activating group) is 1. The van der Waals surface area contributed by atoms with E-state index >= 15 is 0 Å². The van der Waals surface area contributed by atoms with Crippen molar-refractivity contribution in [3.05, 3.63) is 53.6 Å². The third-order valence-electron chi connectivity index (χ3n) is 5.97. The van der Waals surface area contributed by atoms with Gasteiger partial charge in [0.1, 0.15) is 5.75 Å². The molecule has 1 N–H and O–H groups in total. The lowest BCUT2D eigenvalue weighted by atomic mass is 10.0. The third-order valence-corrected chi connectivity index (χ3v) is 9.28. The molecule has 2 aliphatic heterocycles. The van der Waals surface area contributed by atoms with Crippen molar-refractivity contribution in [2.24, 2.45) is 0 Å². The second-order valence-corrected chi connectivity index (χ2v) is 12.2. The molecule has 10 heteroatoms. The summed E-state index contributed by atoms with van der Waals surface area (Å²) in [7, 11) is -3.26. The Kier molecular flexibility index (Phi) is 6.49. The third kappa shape index (κ3) is 4.78. The molecule has 0 radical (unpaired) electrons. The van der Waals surface area contributed by atoms with E-state index in [1.54, 1.807) is 12.1 Å². The van der Waals surface area contributed by atoms with Gasteiger partial charge in [0.25, 0.3) is 0 Å². The summed E-state index contributed by atoms with van der Waals surface area (Å²) >= 11 is 0. The summed E-state index contributed by atoms with van der Waals surface area (Å²) in [5.41, 5.74) is 2.66. The number of sulfonamides is 2. The predicted molar refractivity (Wildman–Crippen MR) is 124 cm³/mol. The summed E-state index contributed by atoms with van der Waals surface area (Å²) in [4.78, 5) is 2.08. The van der Waals surface area contributed by atoms with Gasteiger partial charge < -0.3 is 9.64 Å². The quantitative estimate of drug-likeness (QED) is 0.654. The van der Waals surface area contributed by atoms with Crippen molar-refractivity contribution in [1.29, 1.82) is 0 Å². The molecule has 0 saturated carbocycles. The Balaban J connectivity index is 1.48. The van der Waals surface area contributed by atoms with Crippen molar-refractivity contribution < 1.29 is 21.6 Å². The number of rotatable bonds is 7. The summed E-state index contributed by atoms with van der Waals surface area (Å²) < 4.78 is 60.0. The van der Waals surface area contributed by atoms with Crippen molar-refractivity contribution in [3.63, 3.8) is 0 Å². The predicted octanol–water partition coefficient (Wildman–Crippen LogP) is 2.13. The number of hydrogen-bond donors (Lipinski definition) is 1. The van der Waals surface area contributed by atoms with E-state index in [-0.39, 0.29) is 23.2 Å². The smallest absolute Gasteiger partial charge is 0.240 e. The monoisotopic (exact) mass is 479 g/mol. The highest BCUT2D eigenvalue weighted by atomic mass is 32.2. The standard InChI is InChI=1S/C22H29N3O5S2/c1-24(2)21(17-5-10-22-18(15-17)11-13-30-22)16-23-32(28,29)20-8-6-19(7-9-20)25-12-3-4-14-31(25,26)27/h5-10,15,21,23H,3-4,11-14,16H2,1-2H3/t21-/m0/s1. The molecule has 0 bridgehead atoms. The van der Waals surface area contributed by atoms with Gasteiger partial charge in [0.15, 0.2) is 0 Å². The van der Waals surface area contributed by atoms with E-state index in [2.05, 4.69) is 10.8 Å². The van der Waals surface area contributed by atoms with Crippen LogP contribution in [0.4, 0.5) is 5.69 Å². The average molecular weight is 480 g/mol. The highest BCUT2D eigenvalue weighted by Gasteiger charge is 2.27. The fourth-order valence-electron chi connectivity index (χ4n) is 4.15. The zero-order chi connectivity index (χ0) is 22.9. The van der Waals surface area contributed by atoms with Crippen LogP contribution in [0.25, 0.3) is 0 Å². The zero-order valence-electron chi connectivity index (χ0n) is 18.3. The summed E-state index contributed by atoms with van der Waals surface area (Å²) in [5.74, 6) is 1.01. The van der Waals surface area contributed by atoms with Crippen LogP contribution in [0.1, 0.15) is 30.0 Å². The largest absolute Gasteiger partial charge is 0.493 e. The van der Waals surface area contributed by atoms with E-state index in [4.69, 9.17) is 4.74 Å². The van der Waals surface area contributed by atoms with E-state index in [1.165, 1.54) is 16.4 Å². The molecule has 32 heavy (non-hydrogen) atoms. The number of hydrogen-bond acceptors (Lipinski definition) is 6. The van der Waals surface area contributed by atoms with Crippen molar-refractivity contribution in [2.45, 2.75) is 30.2 Å². The van der Waals surface area contributed by atoms with Crippen LogP contribution in [0.15, 0.2) is 47.4 Å². The zero-order valence-corrected chi connectivity index (χ0v) is 20.0. The van der Waals surface area contributed by atoms with Crippen LogP contribution in [0.2, 0.25) is 0 Å². The molecule has 1 fully saturated rings. The van der Waals surface area contributed by atoms with Crippen LogP contribution in [-0.2, 0) is 26.5 Å². The van der Waals surface area contributed by atoms with Gasteiger partial charge in [0.05, 0.1) is 22.9 Å². The lowest BCUT2D eigenvalue weighted by Crippen LogP contribution is -2.37. The fraction of sp³-hybridized carbons (Fsp3) is 0.455. The first-order valence-electron chi connectivity index (χ1n) is 10.7. The Morgan fingerprint density at radius 2 is 1.88 bits per heavy atom. The van der Waals surface area contributed by atoms with Crippen LogP contribution < -0.4 is 13.8 Å². The molecule has 0 aliphatic carbocycles. The lowest BCUT2D eigenvalue weighted by Gasteiger charge is -2.28. The summed E-state index contributed by atoms with van der Waals surface area (Å²) in [5, 5.41) is 0. The minimum absolute atomic E-state index is 0.107. The minimum Gasteiger partial charge on any atom is -0.493 e. The Labute approximate surface area is 190 Å². The van der Waals surface area contributed by atoms with E-state index < -0.39 is 20.0 Å². The van der Waals surface area contributed by atoms with Gasteiger partial charge in [0, 0.05) is 25.6 Å². The van der Waals surface area contributed by atoms with Crippen molar-refractivity contribution >= 4 is 25.7 Å². The minimum atomic E-state index is -3.75. The first-order valence-corrected chi connectivity index (χ1v) is 13.8. The Morgan fingerprint density at radius 3 is 2.56 bits per heavy atom. The Morgan fingerprint density at radius 1 is 1.12 bits per heavy atom. The van der Waals surface area contributed by atoms with Crippen LogP contribution >= 0.6 is 0 Å². The van der Waals surface area contributed by atoms with E-state index in [0.29, 0.717) is 25.3 Å². The van der Waals surface area contributed by atoms with E-state index in [9.17, 15) is 16.8 Å². The molecule has 2 aliphatic rings. The maximum absolute atomic E-state index is 12.9. The van der Waals surface area contributed by atoms with Crippen molar-refractivity contribution in [2.75, 3.05) is 43.8 Å². The number of anilines is 1. The van der Waals surface area contributed by atoms with Crippen molar-refractivity contribution in [1.82, 2.24) is 9.62 Å². The Bertz CT molecular complexity index is 1180. The van der Waals surface area contributed by atoms with E-state index in [0.717, 1.165) is 29.7 Å². The topological polar surface area (TPSA) is 96.0 Å². The molecule has 1 atom stereocenters. The molecule has 174 valence electrons. The first-order chi connectivity index (χ1) is 15.2. The van der Waals surface area contributed by atoms with Gasteiger partial charge in [-0.3, -0.25) is 4.31 Å². The van der Waals surface area contributed by atoms with Crippen molar-refractivity contribution in [3.8, 4) is 5.75 Å². The highest BCUT2D eigenvalue weighted by Crippen LogP contribution is 2.30. The average Bonchev–Trinajstić information content (AvgIpc) is 3.21. The van der Waals surface area contributed by atoms with Gasteiger partial charge in [-0.1, -0.05) is 12.1 Å². The molecular weight excluding hydrogens is 450 g/mol. The molecule has 0 amide bonds. The number of nitrogens with zero attached hydrogens (tertiary/aromatic N) is 2. The number of nitrogens with one attached hydrogen (secondary N) is 1. The molecule has 0 aromatic heterocycles. The van der Waals surface area contributed by atoms with Crippen LogP contribution in [0.3, 0.4) is 0 Å². The lowest BCUT2D eigenvalue weighted by molar-refractivity contribution is 0.299. The molecule has 2 heterocycles. The summed E-state index contributed by atoms with van der Waals surface area (Å²) in [6.45, 7) is 1.30. The molecule has 1 saturated heterocycles. The first kappa shape index (κ1) is 23.0. The maximum Gasteiger partial charge on any atom is 0.240 e. The summed E-state index contributed by atoms with van der Waals surface area (Å²) in [6.07, 6.45) is 2.30. The molecule has 2 aromatic rings. The van der Waals surface area contributed by atoms with Gasteiger partial charge in [0.2, 0.25) is 20.0 Å².